The van der Waals surface area contributed by atoms with Gasteiger partial charge in [-0.2, -0.15) is 0 Å². The quantitative estimate of drug-likeness (QED) is 0.497. The highest BCUT2D eigenvalue weighted by molar-refractivity contribution is 5.21. The Balaban J connectivity index is 2.89. The molecule has 0 saturated carbocycles. The van der Waals surface area contributed by atoms with Crippen LogP contribution in [-0.4, -0.2) is 71.7 Å². The minimum Gasteiger partial charge on any atom is -0.391 e. The van der Waals surface area contributed by atoms with Crippen LogP contribution in [0.1, 0.15) is 51.7 Å². The Morgan fingerprint density at radius 1 is 0.615 bits per heavy atom. The highest BCUT2D eigenvalue weighted by Crippen LogP contribution is 2.19. The van der Waals surface area contributed by atoms with Crippen LogP contribution in [0.15, 0.2) is 24.3 Å². The fourth-order valence-corrected chi connectivity index (χ4v) is 4.29. The summed E-state index contributed by atoms with van der Waals surface area (Å²) >= 11 is 0. The van der Waals surface area contributed by atoms with E-state index < -0.39 is 0 Å². The highest BCUT2D eigenvalue weighted by atomic mass is 16.3. The second-order valence-electron chi connectivity index (χ2n) is 7.79. The van der Waals surface area contributed by atoms with Crippen LogP contribution >= 0.6 is 0 Å². The van der Waals surface area contributed by atoms with Gasteiger partial charge in [0.15, 0.2) is 0 Å². The molecule has 26 heavy (non-hydrogen) atoms. The molecule has 2 N–H and O–H groups in total. The zero-order valence-electron chi connectivity index (χ0n) is 17.6. The Morgan fingerprint density at radius 2 is 0.962 bits per heavy atom. The van der Waals surface area contributed by atoms with E-state index in [-0.39, 0.29) is 13.2 Å². The van der Waals surface area contributed by atoms with E-state index >= 15 is 0 Å². The van der Waals surface area contributed by atoms with Crippen molar-refractivity contribution >= 4 is 0 Å². The maximum absolute atomic E-state index is 9.50. The number of rotatable bonds is 14. The third-order valence-electron chi connectivity index (χ3n) is 5.95. The molecule has 0 fully saturated rings. The fraction of sp³-hybridized carbons (Fsp3) is 0.727. The molecule has 0 heterocycles. The van der Waals surface area contributed by atoms with E-state index in [9.17, 15) is 10.2 Å². The van der Waals surface area contributed by atoms with E-state index in [0.717, 1.165) is 74.2 Å². The molecular weight excluding hydrogens is 324 g/mol. The number of aliphatic hydroxyl groups excluding tert-OH is 2. The highest BCUT2D eigenvalue weighted by Gasteiger charge is 2.26. The van der Waals surface area contributed by atoms with Gasteiger partial charge in [-0.25, -0.2) is 0 Å². The van der Waals surface area contributed by atoms with Gasteiger partial charge in [0, 0.05) is 11.1 Å². The maximum atomic E-state index is 9.50. The third kappa shape index (κ3) is 6.66. The zero-order chi connectivity index (χ0) is 19.5. The van der Waals surface area contributed by atoms with Crippen molar-refractivity contribution < 1.29 is 19.2 Å². The molecule has 0 aliphatic heterocycles. The number of likely N-dealkylation sites (N-methyl/N-ethyl adjacent to an activating group) is 2. The summed E-state index contributed by atoms with van der Waals surface area (Å²) < 4.78 is 1.92. The van der Waals surface area contributed by atoms with Crippen LogP contribution in [0, 0.1) is 0 Å². The smallest absolute Gasteiger partial charge is 0.104 e. The molecule has 1 aromatic rings. The van der Waals surface area contributed by atoms with Crippen molar-refractivity contribution in [3.05, 3.63) is 35.4 Å². The van der Waals surface area contributed by atoms with Gasteiger partial charge in [-0.1, -0.05) is 38.1 Å². The van der Waals surface area contributed by atoms with Crippen molar-refractivity contribution in [1.82, 2.24) is 0 Å². The lowest BCUT2D eigenvalue weighted by Crippen LogP contribution is -2.49. The molecule has 2 unspecified atom stereocenters. The minimum atomic E-state index is 0.251. The Labute approximate surface area is 161 Å². The standard InChI is InChI=1S/C22H42N2O2/c1-5-13-23(7-3,15-17-25)19-21-9-11-22(12-10-21)20-24(8-4,14-6-2)16-18-26/h9-12,25-26H,5-8,13-20H2,1-4H3/q+2. The summed E-state index contributed by atoms with van der Waals surface area (Å²) in [5.41, 5.74) is 2.70. The van der Waals surface area contributed by atoms with Crippen molar-refractivity contribution in [2.75, 3.05) is 52.5 Å². The normalized spacial score (nSPS) is 16.2. The van der Waals surface area contributed by atoms with Crippen LogP contribution in [0.4, 0.5) is 0 Å². The molecule has 0 aliphatic rings. The molecule has 4 heteroatoms. The largest absolute Gasteiger partial charge is 0.391 e. The molecular formula is C22H42N2O2+2. The predicted octanol–water partition coefficient (Wildman–Crippen LogP) is 3.16. The van der Waals surface area contributed by atoms with Crippen LogP contribution in [0.25, 0.3) is 0 Å². The zero-order valence-corrected chi connectivity index (χ0v) is 17.6. The van der Waals surface area contributed by atoms with Gasteiger partial charge in [0.1, 0.15) is 26.2 Å². The van der Waals surface area contributed by atoms with Crippen LogP contribution in [0.3, 0.4) is 0 Å². The predicted molar refractivity (Wildman–Crippen MR) is 110 cm³/mol. The number of hydrogen-bond acceptors (Lipinski definition) is 2. The van der Waals surface area contributed by atoms with Gasteiger partial charge >= 0.3 is 0 Å². The van der Waals surface area contributed by atoms with E-state index in [1.54, 1.807) is 0 Å². The van der Waals surface area contributed by atoms with Crippen molar-refractivity contribution in [1.29, 1.82) is 0 Å². The second-order valence-corrected chi connectivity index (χ2v) is 7.79. The number of hydrogen-bond donors (Lipinski definition) is 2. The molecule has 0 amide bonds. The molecule has 0 saturated heterocycles. The number of quaternary nitrogens is 2. The lowest BCUT2D eigenvalue weighted by atomic mass is 10.1. The first kappa shape index (κ1) is 23.1. The molecule has 0 bridgehead atoms. The molecule has 0 radical (unpaired) electrons. The molecule has 0 spiro atoms. The maximum Gasteiger partial charge on any atom is 0.104 e. The first-order chi connectivity index (χ1) is 12.5. The summed E-state index contributed by atoms with van der Waals surface area (Å²) in [4.78, 5) is 0. The molecule has 1 aromatic carbocycles. The van der Waals surface area contributed by atoms with Crippen LogP contribution in [-0.2, 0) is 13.1 Å². The van der Waals surface area contributed by atoms with Crippen LogP contribution < -0.4 is 0 Å². The van der Waals surface area contributed by atoms with Gasteiger partial charge in [-0.15, -0.1) is 0 Å². The Hall–Kier alpha value is -0.940. The topological polar surface area (TPSA) is 40.5 Å². The van der Waals surface area contributed by atoms with Gasteiger partial charge in [0.2, 0.25) is 0 Å². The molecule has 0 aliphatic carbocycles. The first-order valence-electron chi connectivity index (χ1n) is 10.5. The Morgan fingerprint density at radius 3 is 1.19 bits per heavy atom. The Bertz CT molecular complexity index is 430. The molecule has 4 nitrogen and oxygen atoms in total. The van der Waals surface area contributed by atoms with Crippen molar-refractivity contribution in [3.8, 4) is 0 Å². The number of aliphatic hydroxyl groups is 2. The number of benzene rings is 1. The summed E-state index contributed by atoms with van der Waals surface area (Å²) in [6, 6.07) is 9.06. The minimum absolute atomic E-state index is 0.251. The van der Waals surface area contributed by atoms with Crippen molar-refractivity contribution in [3.63, 3.8) is 0 Å². The van der Waals surface area contributed by atoms with Gasteiger partial charge in [0.05, 0.1) is 39.4 Å². The van der Waals surface area contributed by atoms with Crippen molar-refractivity contribution in [2.45, 2.75) is 53.6 Å². The molecule has 0 aromatic heterocycles. The Kier molecular flexibility index (Phi) is 10.4. The summed E-state index contributed by atoms with van der Waals surface area (Å²) in [7, 11) is 0. The monoisotopic (exact) mass is 366 g/mol. The van der Waals surface area contributed by atoms with Gasteiger partial charge in [-0.3, -0.25) is 0 Å². The van der Waals surface area contributed by atoms with E-state index in [1.807, 2.05) is 0 Å². The summed E-state index contributed by atoms with van der Waals surface area (Å²) in [5.74, 6) is 0. The first-order valence-corrected chi connectivity index (χ1v) is 10.5. The molecule has 2 atom stereocenters. The van der Waals surface area contributed by atoms with Gasteiger partial charge < -0.3 is 19.2 Å². The summed E-state index contributed by atoms with van der Waals surface area (Å²) in [6.45, 7) is 17.4. The van der Waals surface area contributed by atoms with Gasteiger partial charge in [0.25, 0.3) is 0 Å². The lowest BCUT2D eigenvalue weighted by molar-refractivity contribution is -0.939. The second kappa shape index (κ2) is 11.7. The molecule has 1 rings (SSSR count). The SMILES string of the molecule is CCC[N+](CC)(CCO)Cc1ccc(C[N+](CC)(CCC)CCO)cc1. The van der Waals surface area contributed by atoms with E-state index in [1.165, 1.54) is 11.1 Å². The lowest BCUT2D eigenvalue weighted by Gasteiger charge is -2.38. The van der Waals surface area contributed by atoms with Crippen LogP contribution in [0.2, 0.25) is 0 Å². The van der Waals surface area contributed by atoms with Crippen LogP contribution in [0.5, 0.6) is 0 Å². The third-order valence-corrected chi connectivity index (χ3v) is 5.95. The summed E-state index contributed by atoms with van der Waals surface area (Å²) in [5, 5.41) is 19.0. The van der Waals surface area contributed by atoms with E-state index in [0.29, 0.717) is 0 Å². The van der Waals surface area contributed by atoms with Gasteiger partial charge in [-0.05, 0) is 26.7 Å². The fourth-order valence-electron chi connectivity index (χ4n) is 4.29. The number of nitrogens with zero attached hydrogens (tertiary/aromatic N) is 2. The summed E-state index contributed by atoms with van der Waals surface area (Å²) in [6.07, 6.45) is 2.28. The molecule has 150 valence electrons. The van der Waals surface area contributed by atoms with E-state index in [4.69, 9.17) is 0 Å². The average Bonchev–Trinajstić information content (AvgIpc) is 2.64. The average molecular weight is 367 g/mol. The van der Waals surface area contributed by atoms with Crippen molar-refractivity contribution in [2.24, 2.45) is 0 Å². The van der Waals surface area contributed by atoms with E-state index in [2.05, 4.69) is 52.0 Å².